The summed E-state index contributed by atoms with van der Waals surface area (Å²) in [5, 5.41) is 10.3. The lowest BCUT2D eigenvalue weighted by molar-refractivity contribution is -0.384. The molecule has 0 saturated carbocycles. The molecule has 1 rings (SSSR count). The fourth-order valence-electron chi connectivity index (χ4n) is 1.04. The second kappa shape index (κ2) is 6.14. The zero-order chi connectivity index (χ0) is 13.8. The first-order valence-electron chi connectivity index (χ1n) is 4.57. The van der Waals surface area contributed by atoms with Crippen molar-refractivity contribution in [2.45, 2.75) is 5.51 Å². The normalized spacial score (nSPS) is 11.3. The van der Waals surface area contributed by atoms with Gasteiger partial charge in [-0.25, -0.2) is 0 Å². The van der Waals surface area contributed by atoms with E-state index in [-0.39, 0.29) is 40.6 Å². The number of thioether (sulfide) groups is 1. The first-order chi connectivity index (χ1) is 8.29. The summed E-state index contributed by atoms with van der Waals surface area (Å²) in [7, 11) is 0. The lowest BCUT2D eigenvalue weighted by Crippen LogP contribution is -2.07. The van der Waals surface area contributed by atoms with E-state index in [4.69, 9.17) is 16.3 Å². The molecule has 0 radical (unpaired) electrons. The van der Waals surface area contributed by atoms with Gasteiger partial charge in [0.05, 0.1) is 11.5 Å². The van der Waals surface area contributed by atoms with Crippen molar-refractivity contribution < 1.29 is 22.8 Å². The van der Waals surface area contributed by atoms with Crippen LogP contribution in [0.15, 0.2) is 18.2 Å². The van der Waals surface area contributed by atoms with Crippen molar-refractivity contribution in [2.75, 3.05) is 12.4 Å². The average Bonchev–Trinajstić information content (AvgIpc) is 2.22. The van der Waals surface area contributed by atoms with E-state index in [2.05, 4.69) is 0 Å². The Morgan fingerprint density at radius 3 is 2.61 bits per heavy atom. The maximum Gasteiger partial charge on any atom is 0.441 e. The minimum atomic E-state index is -4.30. The van der Waals surface area contributed by atoms with Gasteiger partial charge in [0.1, 0.15) is 10.8 Å². The van der Waals surface area contributed by atoms with Gasteiger partial charge in [0.15, 0.2) is 0 Å². The molecule has 0 atom stereocenters. The summed E-state index contributed by atoms with van der Waals surface area (Å²) in [6.07, 6.45) is 0. The molecule has 0 aliphatic heterocycles. The van der Waals surface area contributed by atoms with Gasteiger partial charge in [-0.05, 0) is 17.8 Å². The van der Waals surface area contributed by atoms with Crippen LogP contribution in [-0.2, 0) is 0 Å². The monoisotopic (exact) mass is 301 g/mol. The van der Waals surface area contributed by atoms with Gasteiger partial charge in [-0.15, -0.1) is 0 Å². The van der Waals surface area contributed by atoms with Crippen molar-refractivity contribution in [3.63, 3.8) is 0 Å². The van der Waals surface area contributed by atoms with E-state index in [1.807, 2.05) is 0 Å². The smallest absolute Gasteiger partial charge is 0.441 e. The van der Waals surface area contributed by atoms with E-state index >= 15 is 0 Å². The summed E-state index contributed by atoms with van der Waals surface area (Å²) in [6, 6.07) is 3.61. The summed E-state index contributed by atoms with van der Waals surface area (Å²) >= 11 is 5.40. The Bertz CT molecular complexity index is 442. The Morgan fingerprint density at radius 1 is 1.44 bits per heavy atom. The molecular weight excluding hydrogens is 295 g/mol. The fraction of sp³-hybridized carbons (Fsp3) is 0.333. The highest BCUT2D eigenvalue weighted by Crippen LogP contribution is 2.31. The number of rotatable bonds is 5. The lowest BCUT2D eigenvalue weighted by atomic mass is 10.3. The first-order valence-corrected chi connectivity index (χ1v) is 5.93. The second-order valence-corrected chi connectivity index (χ2v) is 4.58. The SMILES string of the molecule is O=[N+]([O-])c1ccc(OCCSC(F)(F)F)cc1Cl. The Morgan fingerprint density at radius 2 is 2.11 bits per heavy atom. The van der Waals surface area contributed by atoms with Gasteiger partial charge < -0.3 is 4.74 Å². The van der Waals surface area contributed by atoms with Gasteiger partial charge in [0, 0.05) is 17.9 Å². The maximum atomic E-state index is 11.8. The average molecular weight is 302 g/mol. The van der Waals surface area contributed by atoms with Crippen LogP contribution in [0.3, 0.4) is 0 Å². The summed E-state index contributed by atoms with van der Waals surface area (Å²) in [4.78, 5) is 9.79. The Labute approximate surface area is 109 Å². The van der Waals surface area contributed by atoms with Crippen molar-refractivity contribution in [3.8, 4) is 5.75 Å². The van der Waals surface area contributed by atoms with Crippen molar-refractivity contribution >= 4 is 29.1 Å². The molecule has 0 spiro atoms. The number of nitro groups is 1. The van der Waals surface area contributed by atoms with Crippen LogP contribution in [0.2, 0.25) is 5.02 Å². The van der Waals surface area contributed by atoms with E-state index in [9.17, 15) is 23.3 Å². The number of nitrogens with zero attached hydrogens (tertiary/aromatic N) is 1. The minimum Gasteiger partial charge on any atom is -0.493 e. The molecule has 0 N–H and O–H groups in total. The standard InChI is InChI=1S/C9H7ClF3NO3S/c10-7-5-6(1-2-8(7)14(15)16)17-3-4-18-9(11,12)13/h1-2,5H,3-4H2. The number of hydrogen-bond donors (Lipinski definition) is 0. The number of halogens is 4. The predicted molar refractivity (Wildman–Crippen MR) is 62.1 cm³/mol. The summed E-state index contributed by atoms with van der Waals surface area (Å²) in [5.41, 5.74) is -4.58. The molecule has 1 aromatic rings. The van der Waals surface area contributed by atoms with Gasteiger partial charge in [-0.1, -0.05) is 11.6 Å². The van der Waals surface area contributed by atoms with Crippen molar-refractivity contribution in [3.05, 3.63) is 33.3 Å². The summed E-state index contributed by atoms with van der Waals surface area (Å²) in [6.45, 7) is -0.168. The lowest BCUT2D eigenvalue weighted by Gasteiger charge is -2.08. The van der Waals surface area contributed by atoms with Crippen molar-refractivity contribution in [2.24, 2.45) is 0 Å². The van der Waals surface area contributed by atoms with Crippen LogP contribution in [-0.4, -0.2) is 22.8 Å². The van der Waals surface area contributed by atoms with Crippen molar-refractivity contribution in [1.82, 2.24) is 0 Å². The third-order valence-electron chi connectivity index (χ3n) is 1.73. The molecule has 18 heavy (non-hydrogen) atoms. The molecule has 9 heteroatoms. The van der Waals surface area contributed by atoms with Gasteiger partial charge in [0.2, 0.25) is 0 Å². The number of hydrogen-bond acceptors (Lipinski definition) is 4. The number of ether oxygens (including phenoxy) is 1. The molecule has 0 aliphatic carbocycles. The molecule has 4 nitrogen and oxygen atoms in total. The molecule has 0 saturated heterocycles. The van der Waals surface area contributed by atoms with E-state index in [1.165, 1.54) is 12.1 Å². The molecule has 0 unspecified atom stereocenters. The van der Waals surface area contributed by atoms with E-state index < -0.39 is 10.4 Å². The second-order valence-electron chi connectivity index (χ2n) is 3.01. The Kier molecular flexibility index (Phi) is 5.09. The van der Waals surface area contributed by atoms with Crippen LogP contribution >= 0.6 is 23.4 Å². The molecule has 0 aromatic heterocycles. The Hall–Kier alpha value is -1.15. The molecular formula is C9H7ClF3NO3S. The zero-order valence-corrected chi connectivity index (χ0v) is 10.3. The van der Waals surface area contributed by atoms with E-state index in [0.29, 0.717) is 0 Å². The van der Waals surface area contributed by atoms with Crippen LogP contribution in [0.4, 0.5) is 18.9 Å². The van der Waals surface area contributed by atoms with Gasteiger partial charge >= 0.3 is 5.51 Å². The highest BCUT2D eigenvalue weighted by Gasteiger charge is 2.27. The summed E-state index contributed by atoms with van der Waals surface area (Å²) < 4.78 is 40.4. The maximum absolute atomic E-state index is 11.8. The molecule has 1 aromatic carbocycles. The molecule has 0 bridgehead atoms. The fourth-order valence-corrected chi connectivity index (χ4v) is 1.68. The number of alkyl halides is 3. The molecule has 0 aliphatic rings. The number of nitro benzene ring substituents is 1. The van der Waals surface area contributed by atoms with Crippen LogP contribution in [0.5, 0.6) is 5.75 Å². The molecule has 0 heterocycles. The molecule has 100 valence electrons. The minimum absolute atomic E-state index is 0.124. The van der Waals surface area contributed by atoms with Gasteiger partial charge in [-0.2, -0.15) is 13.2 Å². The summed E-state index contributed by atoms with van der Waals surface area (Å²) in [5.74, 6) is -0.0775. The predicted octanol–water partition coefficient (Wildman–Crippen LogP) is 3.88. The zero-order valence-electron chi connectivity index (χ0n) is 8.74. The van der Waals surface area contributed by atoms with Gasteiger partial charge in [0.25, 0.3) is 5.69 Å². The molecule has 0 fully saturated rings. The largest absolute Gasteiger partial charge is 0.493 e. The molecule has 0 amide bonds. The number of benzene rings is 1. The third-order valence-corrected chi connectivity index (χ3v) is 2.73. The van der Waals surface area contributed by atoms with Crippen LogP contribution in [0.1, 0.15) is 0 Å². The van der Waals surface area contributed by atoms with Gasteiger partial charge in [-0.3, -0.25) is 10.1 Å². The quantitative estimate of drug-likeness (QED) is 0.470. The topological polar surface area (TPSA) is 52.4 Å². The highest BCUT2D eigenvalue weighted by molar-refractivity contribution is 8.00. The highest BCUT2D eigenvalue weighted by atomic mass is 35.5. The third kappa shape index (κ3) is 5.01. The van der Waals surface area contributed by atoms with E-state index in [0.717, 1.165) is 6.07 Å². The van der Waals surface area contributed by atoms with Crippen molar-refractivity contribution in [1.29, 1.82) is 0 Å². The van der Waals surface area contributed by atoms with E-state index in [1.54, 1.807) is 0 Å². The van der Waals surface area contributed by atoms with Crippen LogP contribution in [0.25, 0.3) is 0 Å². The first kappa shape index (κ1) is 14.9. The van der Waals surface area contributed by atoms with Crippen LogP contribution < -0.4 is 4.74 Å². The van der Waals surface area contributed by atoms with Crippen LogP contribution in [0, 0.1) is 10.1 Å². The Balaban J connectivity index is 2.49.